The summed E-state index contributed by atoms with van der Waals surface area (Å²) in [6, 6.07) is 2.95. The van der Waals surface area contributed by atoms with Gasteiger partial charge in [0.2, 0.25) is 0 Å². The van der Waals surface area contributed by atoms with E-state index in [-0.39, 0.29) is 46.0 Å². The Labute approximate surface area is 178 Å². The molecule has 0 spiro atoms. The maximum atomic E-state index is 13.4. The zero-order valence-electron chi connectivity index (χ0n) is 17.2. The van der Waals surface area contributed by atoms with Crippen LogP contribution in [0.1, 0.15) is 57.6 Å². The highest BCUT2D eigenvalue weighted by Gasteiger charge is 2.44. The van der Waals surface area contributed by atoms with Crippen LogP contribution in [0.25, 0.3) is 0 Å². The monoisotopic (exact) mass is 441 g/mol. The molecule has 0 saturated carbocycles. The molecule has 0 saturated heterocycles. The minimum Gasteiger partial charge on any atom is -0.463 e. The highest BCUT2D eigenvalue weighted by Crippen LogP contribution is 2.48. The van der Waals surface area contributed by atoms with Gasteiger partial charge in [-0.3, -0.25) is 4.79 Å². The Bertz CT molecular complexity index is 976. The number of halogens is 4. The molecule has 1 unspecified atom stereocenters. The summed E-state index contributed by atoms with van der Waals surface area (Å²) in [4.78, 5) is 25.9. The molecule has 1 aromatic carbocycles. The Hall–Kier alpha value is -2.28. The summed E-state index contributed by atoms with van der Waals surface area (Å²) in [6.45, 7) is 7.27. The molecule has 4 nitrogen and oxygen atoms in total. The van der Waals surface area contributed by atoms with Crippen molar-refractivity contribution in [2.45, 2.75) is 52.6 Å². The Morgan fingerprint density at radius 2 is 1.97 bits per heavy atom. The average Bonchev–Trinajstić information content (AvgIpc) is 2.58. The lowest BCUT2D eigenvalue weighted by molar-refractivity contribution is -0.139. The number of alkyl halides is 3. The van der Waals surface area contributed by atoms with E-state index in [1.54, 1.807) is 13.8 Å². The lowest BCUT2D eigenvalue weighted by Gasteiger charge is -2.39. The molecule has 1 aliphatic heterocycles. The van der Waals surface area contributed by atoms with Crippen molar-refractivity contribution in [1.29, 1.82) is 0 Å². The smallest absolute Gasteiger partial charge is 0.416 e. The number of dihydropyridines is 1. The van der Waals surface area contributed by atoms with Gasteiger partial charge >= 0.3 is 12.1 Å². The summed E-state index contributed by atoms with van der Waals surface area (Å²) in [6.07, 6.45) is -3.85. The average molecular weight is 442 g/mol. The standard InChI is InChI=1S/C22H23ClF3NO3/c1-5-30-20(29)17-11(2)27-15-9-21(3,4)10-16(28)19(15)18(17)13-8-12(22(24,25)26)6-7-14(13)23/h6-8,18,27H,5,9-10H2,1-4H3. The first-order chi connectivity index (χ1) is 13.9. The van der Waals surface area contributed by atoms with E-state index in [2.05, 4.69) is 5.32 Å². The van der Waals surface area contributed by atoms with Crippen molar-refractivity contribution >= 4 is 23.4 Å². The van der Waals surface area contributed by atoms with E-state index in [0.717, 1.165) is 18.2 Å². The maximum absolute atomic E-state index is 13.4. The van der Waals surface area contributed by atoms with Crippen LogP contribution < -0.4 is 5.32 Å². The lowest BCUT2D eigenvalue weighted by atomic mass is 9.68. The van der Waals surface area contributed by atoms with E-state index in [1.807, 2.05) is 13.8 Å². The van der Waals surface area contributed by atoms with Gasteiger partial charge in [-0.15, -0.1) is 0 Å². The number of benzene rings is 1. The number of hydrogen-bond donors (Lipinski definition) is 1. The fourth-order valence-electron chi connectivity index (χ4n) is 4.17. The van der Waals surface area contributed by atoms with Crippen LogP contribution in [-0.4, -0.2) is 18.4 Å². The zero-order valence-corrected chi connectivity index (χ0v) is 17.9. The quantitative estimate of drug-likeness (QED) is 0.627. The number of ketones is 1. The third kappa shape index (κ3) is 4.13. The van der Waals surface area contributed by atoms with Crippen molar-refractivity contribution < 1.29 is 27.5 Å². The molecule has 0 bridgehead atoms. The number of carbonyl (C=O) groups excluding carboxylic acids is 2. The molecular formula is C22H23ClF3NO3. The molecule has 30 heavy (non-hydrogen) atoms. The zero-order chi connectivity index (χ0) is 22.4. The molecule has 2 aliphatic rings. The molecule has 162 valence electrons. The van der Waals surface area contributed by atoms with Gasteiger partial charge in [0.1, 0.15) is 0 Å². The fraction of sp³-hybridized carbons (Fsp3) is 0.455. The number of carbonyl (C=O) groups is 2. The minimum atomic E-state index is -4.59. The first kappa shape index (κ1) is 22.4. The molecule has 1 heterocycles. The molecule has 0 fully saturated rings. The van der Waals surface area contributed by atoms with E-state index in [0.29, 0.717) is 17.8 Å². The van der Waals surface area contributed by atoms with Crippen molar-refractivity contribution in [2.24, 2.45) is 5.41 Å². The van der Waals surface area contributed by atoms with Crippen molar-refractivity contribution in [3.8, 4) is 0 Å². The summed E-state index contributed by atoms with van der Waals surface area (Å²) in [5.74, 6) is -1.94. The van der Waals surface area contributed by atoms with Gasteiger partial charge in [0.15, 0.2) is 5.78 Å². The second-order valence-electron chi connectivity index (χ2n) is 8.38. The molecule has 0 amide bonds. The van der Waals surface area contributed by atoms with Gasteiger partial charge in [0.25, 0.3) is 0 Å². The third-order valence-electron chi connectivity index (χ3n) is 5.37. The molecule has 1 N–H and O–H groups in total. The number of hydrogen-bond acceptors (Lipinski definition) is 4. The molecule has 3 rings (SSSR count). The van der Waals surface area contributed by atoms with Gasteiger partial charge in [-0.25, -0.2) is 4.79 Å². The summed E-state index contributed by atoms with van der Waals surface area (Å²) in [7, 11) is 0. The van der Waals surface area contributed by atoms with E-state index >= 15 is 0 Å². The maximum Gasteiger partial charge on any atom is 0.416 e. The first-order valence-electron chi connectivity index (χ1n) is 9.63. The van der Waals surface area contributed by atoms with Gasteiger partial charge in [-0.1, -0.05) is 25.4 Å². The van der Waals surface area contributed by atoms with Gasteiger partial charge in [0.05, 0.1) is 17.7 Å². The van der Waals surface area contributed by atoms with Crippen molar-refractivity contribution in [3.63, 3.8) is 0 Å². The summed E-state index contributed by atoms with van der Waals surface area (Å²) < 4.78 is 45.3. The molecule has 0 radical (unpaired) electrons. The van der Waals surface area contributed by atoms with Crippen LogP contribution in [0, 0.1) is 5.41 Å². The Kier molecular flexibility index (Phi) is 5.80. The van der Waals surface area contributed by atoms with E-state index in [1.165, 1.54) is 0 Å². The van der Waals surface area contributed by atoms with Crippen LogP contribution in [0.5, 0.6) is 0 Å². The molecular weight excluding hydrogens is 419 g/mol. The predicted molar refractivity (Wildman–Crippen MR) is 107 cm³/mol. The Balaban J connectivity index is 2.27. The molecule has 0 aromatic heterocycles. The summed E-state index contributed by atoms with van der Waals surface area (Å²) in [5, 5.41) is 3.18. The van der Waals surface area contributed by atoms with Crippen molar-refractivity contribution in [3.05, 3.63) is 56.9 Å². The Morgan fingerprint density at radius 1 is 1.30 bits per heavy atom. The Morgan fingerprint density at radius 3 is 2.57 bits per heavy atom. The number of Topliss-reactive ketones (excluding diaryl/α,β-unsaturated/α-hetero) is 1. The first-order valence-corrected chi connectivity index (χ1v) is 10.0. The molecule has 1 aromatic rings. The summed E-state index contributed by atoms with van der Waals surface area (Å²) >= 11 is 6.31. The molecule has 8 heteroatoms. The van der Waals surface area contributed by atoms with E-state index in [9.17, 15) is 22.8 Å². The molecule has 1 aliphatic carbocycles. The normalized spacial score (nSPS) is 21.3. The van der Waals surface area contributed by atoms with Crippen LogP contribution >= 0.6 is 11.6 Å². The van der Waals surface area contributed by atoms with Gasteiger partial charge < -0.3 is 10.1 Å². The topological polar surface area (TPSA) is 55.4 Å². The highest BCUT2D eigenvalue weighted by atomic mass is 35.5. The van der Waals surface area contributed by atoms with Gasteiger partial charge in [-0.2, -0.15) is 13.2 Å². The van der Waals surface area contributed by atoms with Crippen LogP contribution in [-0.2, 0) is 20.5 Å². The van der Waals surface area contributed by atoms with E-state index < -0.39 is 23.6 Å². The van der Waals surface area contributed by atoms with Crippen LogP contribution in [0.3, 0.4) is 0 Å². The molecule has 1 atom stereocenters. The SMILES string of the molecule is CCOC(=O)C1=C(C)NC2=C(C(=O)CC(C)(C)C2)C1c1cc(C(F)(F)F)ccc1Cl. The summed E-state index contributed by atoms with van der Waals surface area (Å²) in [5.41, 5.74) is 0.292. The number of esters is 1. The van der Waals surface area contributed by atoms with E-state index in [4.69, 9.17) is 16.3 Å². The second-order valence-corrected chi connectivity index (χ2v) is 8.79. The largest absolute Gasteiger partial charge is 0.463 e. The van der Waals surface area contributed by atoms with Crippen LogP contribution in [0.15, 0.2) is 40.7 Å². The highest BCUT2D eigenvalue weighted by molar-refractivity contribution is 6.31. The number of allylic oxidation sites excluding steroid dienone is 3. The fourth-order valence-corrected chi connectivity index (χ4v) is 4.39. The lowest BCUT2D eigenvalue weighted by Crippen LogP contribution is -2.38. The minimum absolute atomic E-state index is 0.0500. The van der Waals surface area contributed by atoms with Crippen LogP contribution in [0.4, 0.5) is 13.2 Å². The number of rotatable bonds is 3. The van der Waals surface area contributed by atoms with Gasteiger partial charge in [0, 0.05) is 34.3 Å². The van der Waals surface area contributed by atoms with Gasteiger partial charge in [-0.05, 0) is 49.4 Å². The van der Waals surface area contributed by atoms with Crippen molar-refractivity contribution in [2.75, 3.05) is 6.61 Å². The third-order valence-corrected chi connectivity index (χ3v) is 5.71. The second kappa shape index (κ2) is 7.76. The number of ether oxygens (including phenoxy) is 1. The van der Waals surface area contributed by atoms with Crippen molar-refractivity contribution in [1.82, 2.24) is 5.32 Å². The number of nitrogens with one attached hydrogen (secondary N) is 1. The predicted octanol–water partition coefficient (Wildman–Crippen LogP) is 5.53. The van der Waals surface area contributed by atoms with Crippen LogP contribution in [0.2, 0.25) is 5.02 Å².